The second kappa shape index (κ2) is 7.54. The summed E-state index contributed by atoms with van der Waals surface area (Å²) in [6.45, 7) is 4.38. The van der Waals surface area contributed by atoms with Crippen molar-refractivity contribution in [1.29, 1.82) is 0 Å². The largest absolute Gasteiger partial charge is 0.481 e. The van der Waals surface area contributed by atoms with Gasteiger partial charge >= 0.3 is 5.97 Å². The van der Waals surface area contributed by atoms with Crippen molar-refractivity contribution in [2.45, 2.75) is 33.1 Å². The summed E-state index contributed by atoms with van der Waals surface area (Å²) in [5.41, 5.74) is 0.214. The zero-order valence-electron chi connectivity index (χ0n) is 12.1. The van der Waals surface area contributed by atoms with E-state index in [2.05, 4.69) is 21.2 Å². The van der Waals surface area contributed by atoms with Gasteiger partial charge in [-0.15, -0.1) is 0 Å². The Morgan fingerprint density at radius 1 is 1.33 bits per heavy atom. The van der Waals surface area contributed by atoms with Crippen LogP contribution in [-0.2, 0) is 4.79 Å². The maximum atomic E-state index is 13.0. The summed E-state index contributed by atoms with van der Waals surface area (Å²) in [6.07, 6.45) is 1.34. The fourth-order valence-corrected chi connectivity index (χ4v) is 2.38. The minimum Gasteiger partial charge on any atom is -0.481 e. The summed E-state index contributed by atoms with van der Waals surface area (Å²) >= 11 is 3.15. The number of hydrogen-bond acceptors (Lipinski definition) is 2. The standard InChI is InChI=1S/C15H19BrFNO3/c1-15(2,6-5-13(19)20)7-8-18-14(21)11-4-3-10(17)9-12(11)16/h3-4,9H,5-8H2,1-2H3,(H,18,21)(H,19,20). The third kappa shape index (κ3) is 6.25. The predicted octanol–water partition coefficient (Wildman–Crippen LogP) is 3.60. The molecule has 1 aromatic carbocycles. The van der Waals surface area contributed by atoms with E-state index in [-0.39, 0.29) is 17.7 Å². The van der Waals surface area contributed by atoms with Crippen LogP contribution in [0.5, 0.6) is 0 Å². The van der Waals surface area contributed by atoms with Gasteiger partial charge in [-0.2, -0.15) is 0 Å². The van der Waals surface area contributed by atoms with Crippen molar-refractivity contribution >= 4 is 27.8 Å². The van der Waals surface area contributed by atoms with E-state index in [1.807, 2.05) is 13.8 Å². The van der Waals surface area contributed by atoms with Gasteiger partial charge in [0.05, 0.1) is 5.56 Å². The Kier molecular flexibility index (Phi) is 6.33. The van der Waals surface area contributed by atoms with Crippen LogP contribution in [0.4, 0.5) is 4.39 Å². The monoisotopic (exact) mass is 359 g/mol. The number of carbonyl (C=O) groups is 2. The molecular weight excluding hydrogens is 341 g/mol. The van der Waals surface area contributed by atoms with Crippen molar-refractivity contribution in [3.05, 3.63) is 34.1 Å². The summed E-state index contributed by atoms with van der Waals surface area (Å²) in [5.74, 6) is -1.51. The van der Waals surface area contributed by atoms with Gasteiger partial charge in [0.1, 0.15) is 5.82 Å². The maximum absolute atomic E-state index is 13.0. The number of benzene rings is 1. The molecule has 2 N–H and O–H groups in total. The van der Waals surface area contributed by atoms with Gasteiger partial charge in [-0.1, -0.05) is 13.8 Å². The lowest BCUT2D eigenvalue weighted by atomic mass is 9.84. The fraction of sp³-hybridized carbons (Fsp3) is 0.467. The molecule has 0 atom stereocenters. The van der Waals surface area contributed by atoms with Crippen LogP contribution >= 0.6 is 15.9 Å². The Morgan fingerprint density at radius 2 is 2.00 bits per heavy atom. The minimum atomic E-state index is -0.817. The van der Waals surface area contributed by atoms with Gasteiger partial charge < -0.3 is 10.4 Å². The molecule has 0 saturated carbocycles. The van der Waals surface area contributed by atoms with Gasteiger partial charge in [0.15, 0.2) is 0 Å². The lowest BCUT2D eigenvalue weighted by Gasteiger charge is -2.23. The van der Waals surface area contributed by atoms with Crippen molar-refractivity contribution < 1.29 is 19.1 Å². The van der Waals surface area contributed by atoms with Gasteiger partial charge in [-0.05, 0) is 52.4 Å². The normalized spacial score (nSPS) is 11.2. The molecule has 116 valence electrons. The first-order valence-electron chi connectivity index (χ1n) is 6.66. The number of carboxylic acid groups (broad SMARTS) is 1. The van der Waals surface area contributed by atoms with E-state index in [1.165, 1.54) is 18.2 Å². The van der Waals surface area contributed by atoms with Crippen molar-refractivity contribution in [2.75, 3.05) is 6.54 Å². The second-order valence-electron chi connectivity index (χ2n) is 5.69. The lowest BCUT2D eigenvalue weighted by molar-refractivity contribution is -0.137. The Morgan fingerprint density at radius 3 is 2.57 bits per heavy atom. The second-order valence-corrected chi connectivity index (χ2v) is 6.54. The number of rotatable bonds is 7. The van der Waals surface area contributed by atoms with E-state index >= 15 is 0 Å². The zero-order chi connectivity index (χ0) is 16.0. The summed E-state index contributed by atoms with van der Waals surface area (Å²) in [6, 6.07) is 3.90. The van der Waals surface area contributed by atoms with Gasteiger partial charge in [0, 0.05) is 17.4 Å². The highest BCUT2D eigenvalue weighted by molar-refractivity contribution is 9.10. The van der Waals surface area contributed by atoms with E-state index < -0.39 is 11.8 Å². The van der Waals surface area contributed by atoms with Crippen molar-refractivity contribution in [2.24, 2.45) is 5.41 Å². The third-order valence-electron chi connectivity index (χ3n) is 3.28. The highest BCUT2D eigenvalue weighted by atomic mass is 79.9. The number of aliphatic carboxylic acids is 1. The number of amides is 1. The summed E-state index contributed by atoms with van der Waals surface area (Å²) in [4.78, 5) is 22.5. The molecule has 0 aliphatic rings. The van der Waals surface area contributed by atoms with Crippen LogP contribution in [0.2, 0.25) is 0 Å². The van der Waals surface area contributed by atoms with Crippen LogP contribution in [-0.4, -0.2) is 23.5 Å². The van der Waals surface area contributed by atoms with Crippen LogP contribution in [0, 0.1) is 11.2 Å². The average molecular weight is 360 g/mol. The van der Waals surface area contributed by atoms with Gasteiger partial charge in [-0.25, -0.2) is 4.39 Å². The number of nitrogens with one attached hydrogen (secondary N) is 1. The molecule has 0 bridgehead atoms. The summed E-state index contributed by atoms with van der Waals surface area (Å²) < 4.78 is 13.4. The van der Waals surface area contributed by atoms with Crippen LogP contribution in [0.25, 0.3) is 0 Å². The highest BCUT2D eigenvalue weighted by Gasteiger charge is 2.19. The van der Waals surface area contributed by atoms with Crippen LogP contribution in [0.3, 0.4) is 0 Å². The van der Waals surface area contributed by atoms with Gasteiger partial charge in [0.25, 0.3) is 5.91 Å². The minimum absolute atomic E-state index is 0.116. The lowest BCUT2D eigenvalue weighted by Crippen LogP contribution is -2.28. The molecule has 0 aromatic heterocycles. The molecule has 1 aromatic rings. The molecule has 6 heteroatoms. The quantitative estimate of drug-likeness (QED) is 0.781. The maximum Gasteiger partial charge on any atom is 0.303 e. The number of carbonyl (C=O) groups excluding carboxylic acids is 1. The highest BCUT2D eigenvalue weighted by Crippen LogP contribution is 2.26. The number of hydrogen-bond donors (Lipinski definition) is 2. The molecule has 1 amide bonds. The summed E-state index contributed by atoms with van der Waals surface area (Å²) in [7, 11) is 0. The van der Waals surface area contributed by atoms with Crippen molar-refractivity contribution in [3.63, 3.8) is 0 Å². The Labute approximate surface area is 131 Å². The fourth-order valence-electron chi connectivity index (χ4n) is 1.85. The number of halogens is 2. The molecule has 0 aliphatic carbocycles. The van der Waals surface area contributed by atoms with Crippen molar-refractivity contribution in [3.8, 4) is 0 Å². The van der Waals surface area contributed by atoms with E-state index in [4.69, 9.17) is 5.11 Å². The molecule has 0 unspecified atom stereocenters. The molecule has 0 spiro atoms. The Hall–Kier alpha value is -1.43. The molecule has 0 radical (unpaired) electrons. The predicted molar refractivity (Wildman–Crippen MR) is 81.7 cm³/mol. The molecule has 21 heavy (non-hydrogen) atoms. The van der Waals surface area contributed by atoms with Crippen LogP contribution in [0.15, 0.2) is 22.7 Å². The molecule has 4 nitrogen and oxygen atoms in total. The zero-order valence-corrected chi connectivity index (χ0v) is 13.7. The first kappa shape index (κ1) is 17.6. The first-order valence-corrected chi connectivity index (χ1v) is 7.46. The molecule has 0 aliphatic heterocycles. The van der Waals surface area contributed by atoms with Crippen molar-refractivity contribution in [1.82, 2.24) is 5.32 Å². The molecule has 0 saturated heterocycles. The van der Waals surface area contributed by atoms with Gasteiger partial charge in [-0.3, -0.25) is 9.59 Å². The first-order chi connectivity index (χ1) is 9.71. The van der Waals surface area contributed by atoms with Crippen LogP contribution in [0.1, 0.15) is 43.5 Å². The van der Waals surface area contributed by atoms with E-state index in [1.54, 1.807) is 0 Å². The molecular formula is C15H19BrFNO3. The topological polar surface area (TPSA) is 66.4 Å². The van der Waals surface area contributed by atoms with E-state index in [0.717, 1.165) is 0 Å². The number of carboxylic acids is 1. The smallest absolute Gasteiger partial charge is 0.303 e. The molecule has 1 rings (SSSR count). The third-order valence-corrected chi connectivity index (χ3v) is 3.93. The van der Waals surface area contributed by atoms with Crippen LogP contribution < -0.4 is 5.32 Å². The van der Waals surface area contributed by atoms with Gasteiger partial charge in [0.2, 0.25) is 0 Å². The Balaban J connectivity index is 2.48. The van der Waals surface area contributed by atoms with E-state index in [0.29, 0.717) is 29.4 Å². The molecule has 0 heterocycles. The summed E-state index contributed by atoms with van der Waals surface area (Å²) in [5, 5.41) is 11.5. The SMILES string of the molecule is CC(C)(CCNC(=O)c1ccc(F)cc1Br)CCC(=O)O. The average Bonchev–Trinajstić information content (AvgIpc) is 2.36. The Bertz CT molecular complexity index is 532. The van der Waals surface area contributed by atoms with E-state index in [9.17, 15) is 14.0 Å². The molecule has 0 fully saturated rings.